The van der Waals surface area contributed by atoms with Crippen LogP contribution in [-0.4, -0.2) is 37.1 Å². The first-order chi connectivity index (χ1) is 12.4. The first-order valence-corrected chi connectivity index (χ1v) is 9.42. The van der Waals surface area contributed by atoms with Crippen LogP contribution in [-0.2, 0) is 0 Å². The molecule has 0 bridgehead atoms. The minimum absolute atomic E-state index is 0.0120. The minimum Gasteiger partial charge on any atom is -0.368 e. The lowest BCUT2D eigenvalue weighted by Gasteiger charge is -2.36. The van der Waals surface area contributed by atoms with E-state index in [9.17, 15) is 4.79 Å². The van der Waals surface area contributed by atoms with Crippen LogP contribution in [0.1, 0.15) is 36.5 Å². The molecule has 0 unspecified atom stereocenters. The van der Waals surface area contributed by atoms with Crippen molar-refractivity contribution in [1.29, 1.82) is 0 Å². The first-order valence-electron chi connectivity index (χ1n) is 9.42. The van der Waals surface area contributed by atoms with E-state index in [-0.39, 0.29) is 6.03 Å². The maximum absolute atomic E-state index is 12.5. The third kappa shape index (κ3) is 4.18. The molecule has 1 heterocycles. The molecule has 1 aliphatic heterocycles. The fourth-order valence-electron chi connectivity index (χ4n) is 3.24. The number of benzene rings is 2. The standard InChI is InChI=1S/C22H29N3O/c1-16(2)19-6-8-20(9-7-19)23-22(26)25-13-11-24(12-14-25)21-10-5-17(3)18(4)15-21/h5-10,15-16H,11-14H2,1-4H3,(H,23,26). The van der Waals surface area contributed by atoms with Gasteiger partial charge < -0.3 is 15.1 Å². The van der Waals surface area contributed by atoms with E-state index in [1.165, 1.54) is 22.4 Å². The van der Waals surface area contributed by atoms with Gasteiger partial charge in [0.2, 0.25) is 0 Å². The van der Waals surface area contributed by atoms with Gasteiger partial charge in [-0.3, -0.25) is 0 Å². The van der Waals surface area contributed by atoms with Crippen LogP contribution >= 0.6 is 0 Å². The molecule has 3 rings (SSSR count). The Bertz CT molecular complexity index is 759. The van der Waals surface area contributed by atoms with Crippen LogP contribution in [0.3, 0.4) is 0 Å². The number of carbonyl (C=O) groups excluding carboxylic acids is 1. The summed E-state index contributed by atoms with van der Waals surface area (Å²) in [6.07, 6.45) is 0. The van der Waals surface area contributed by atoms with Gasteiger partial charge in [-0.15, -0.1) is 0 Å². The molecule has 26 heavy (non-hydrogen) atoms. The highest BCUT2D eigenvalue weighted by Crippen LogP contribution is 2.21. The maximum Gasteiger partial charge on any atom is 0.321 e. The highest BCUT2D eigenvalue weighted by Gasteiger charge is 2.21. The van der Waals surface area contributed by atoms with E-state index >= 15 is 0 Å². The third-order valence-electron chi connectivity index (χ3n) is 5.25. The molecule has 0 atom stereocenters. The Morgan fingerprint density at radius 3 is 2.15 bits per heavy atom. The summed E-state index contributed by atoms with van der Waals surface area (Å²) in [5.74, 6) is 0.498. The van der Waals surface area contributed by atoms with Gasteiger partial charge in [-0.25, -0.2) is 4.79 Å². The Morgan fingerprint density at radius 1 is 0.923 bits per heavy atom. The Labute approximate surface area is 156 Å². The van der Waals surface area contributed by atoms with Gasteiger partial charge in [0.05, 0.1) is 0 Å². The normalized spacial score (nSPS) is 14.7. The van der Waals surface area contributed by atoms with Crippen molar-refractivity contribution >= 4 is 17.4 Å². The van der Waals surface area contributed by atoms with Crippen LogP contribution in [0.5, 0.6) is 0 Å². The number of nitrogens with one attached hydrogen (secondary N) is 1. The molecule has 0 aromatic heterocycles. The molecule has 2 aromatic carbocycles. The van der Waals surface area contributed by atoms with Crippen molar-refractivity contribution in [3.63, 3.8) is 0 Å². The fourth-order valence-corrected chi connectivity index (χ4v) is 3.24. The summed E-state index contributed by atoms with van der Waals surface area (Å²) in [5, 5.41) is 3.02. The molecule has 0 spiro atoms. The van der Waals surface area contributed by atoms with E-state index in [1.807, 2.05) is 17.0 Å². The molecule has 1 saturated heterocycles. The smallest absolute Gasteiger partial charge is 0.321 e. The summed E-state index contributed by atoms with van der Waals surface area (Å²) in [5.41, 5.74) is 6.01. The molecule has 0 aliphatic carbocycles. The minimum atomic E-state index is -0.0120. The van der Waals surface area contributed by atoms with E-state index in [2.05, 4.69) is 68.2 Å². The Morgan fingerprint density at radius 2 is 1.58 bits per heavy atom. The monoisotopic (exact) mass is 351 g/mol. The molecule has 2 aromatic rings. The number of aryl methyl sites for hydroxylation is 2. The average Bonchev–Trinajstić information content (AvgIpc) is 2.64. The van der Waals surface area contributed by atoms with Crippen molar-refractivity contribution in [3.05, 3.63) is 59.2 Å². The number of urea groups is 1. The number of piperazine rings is 1. The Kier molecular flexibility index (Phi) is 5.50. The van der Waals surface area contributed by atoms with Crippen molar-refractivity contribution in [2.24, 2.45) is 0 Å². The van der Waals surface area contributed by atoms with Gasteiger partial charge in [0.1, 0.15) is 0 Å². The summed E-state index contributed by atoms with van der Waals surface area (Å²) in [4.78, 5) is 16.8. The van der Waals surface area contributed by atoms with Gasteiger partial charge in [0.25, 0.3) is 0 Å². The first kappa shape index (κ1) is 18.3. The second kappa shape index (κ2) is 7.81. The summed E-state index contributed by atoms with van der Waals surface area (Å²) >= 11 is 0. The van der Waals surface area contributed by atoms with Gasteiger partial charge in [-0.05, 0) is 60.7 Å². The number of rotatable bonds is 3. The quantitative estimate of drug-likeness (QED) is 0.864. The molecule has 1 fully saturated rings. The van der Waals surface area contributed by atoms with Crippen LogP contribution in [0.2, 0.25) is 0 Å². The van der Waals surface area contributed by atoms with E-state index in [4.69, 9.17) is 0 Å². The third-order valence-corrected chi connectivity index (χ3v) is 5.25. The zero-order valence-corrected chi connectivity index (χ0v) is 16.2. The zero-order chi connectivity index (χ0) is 18.7. The summed E-state index contributed by atoms with van der Waals surface area (Å²) in [7, 11) is 0. The van der Waals surface area contributed by atoms with E-state index in [0.717, 1.165) is 31.9 Å². The second-order valence-corrected chi connectivity index (χ2v) is 7.45. The molecule has 2 amide bonds. The lowest BCUT2D eigenvalue weighted by atomic mass is 10.0. The topological polar surface area (TPSA) is 35.6 Å². The van der Waals surface area contributed by atoms with Crippen molar-refractivity contribution in [2.45, 2.75) is 33.6 Å². The molecule has 1 N–H and O–H groups in total. The lowest BCUT2D eigenvalue weighted by Crippen LogP contribution is -2.50. The Hall–Kier alpha value is -2.49. The number of hydrogen-bond donors (Lipinski definition) is 1. The SMILES string of the molecule is Cc1ccc(N2CCN(C(=O)Nc3ccc(C(C)C)cc3)CC2)cc1C. The highest BCUT2D eigenvalue weighted by molar-refractivity contribution is 5.89. The average molecular weight is 351 g/mol. The van der Waals surface area contributed by atoms with E-state index in [1.54, 1.807) is 0 Å². The maximum atomic E-state index is 12.5. The number of nitrogens with zero attached hydrogens (tertiary/aromatic N) is 2. The molecule has 4 nitrogen and oxygen atoms in total. The van der Waals surface area contributed by atoms with E-state index < -0.39 is 0 Å². The molecular weight excluding hydrogens is 322 g/mol. The predicted molar refractivity (Wildman–Crippen MR) is 109 cm³/mol. The predicted octanol–water partition coefficient (Wildman–Crippen LogP) is 4.78. The summed E-state index contributed by atoms with van der Waals surface area (Å²) in [6, 6.07) is 14.7. The zero-order valence-electron chi connectivity index (χ0n) is 16.2. The van der Waals surface area contributed by atoms with Gasteiger partial charge in [0, 0.05) is 37.6 Å². The van der Waals surface area contributed by atoms with Crippen molar-refractivity contribution in [2.75, 3.05) is 36.4 Å². The highest BCUT2D eigenvalue weighted by atomic mass is 16.2. The summed E-state index contributed by atoms with van der Waals surface area (Å²) < 4.78 is 0. The van der Waals surface area contributed by atoms with Gasteiger partial charge in [-0.2, -0.15) is 0 Å². The Balaban J connectivity index is 1.55. The van der Waals surface area contributed by atoms with Crippen LogP contribution in [0, 0.1) is 13.8 Å². The molecule has 138 valence electrons. The summed E-state index contributed by atoms with van der Waals surface area (Å²) in [6.45, 7) is 11.8. The molecule has 0 radical (unpaired) electrons. The van der Waals surface area contributed by atoms with Crippen molar-refractivity contribution < 1.29 is 4.79 Å². The number of carbonyl (C=O) groups is 1. The van der Waals surface area contributed by atoms with Crippen molar-refractivity contribution in [3.8, 4) is 0 Å². The molecule has 4 heteroatoms. The second-order valence-electron chi connectivity index (χ2n) is 7.45. The van der Waals surface area contributed by atoms with Crippen LogP contribution in [0.4, 0.5) is 16.2 Å². The van der Waals surface area contributed by atoms with E-state index in [0.29, 0.717) is 5.92 Å². The largest absolute Gasteiger partial charge is 0.368 e. The van der Waals surface area contributed by atoms with Crippen molar-refractivity contribution in [1.82, 2.24) is 4.90 Å². The number of anilines is 2. The van der Waals surface area contributed by atoms with Gasteiger partial charge >= 0.3 is 6.03 Å². The molecular formula is C22H29N3O. The van der Waals surface area contributed by atoms with Gasteiger partial charge in [-0.1, -0.05) is 32.0 Å². The lowest BCUT2D eigenvalue weighted by molar-refractivity contribution is 0.208. The van der Waals surface area contributed by atoms with Crippen LogP contribution < -0.4 is 10.2 Å². The van der Waals surface area contributed by atoms with Crippen LogP contribution in [0.25, 0.3) is 0 Å². The molecule has 0 saturated carbocycles. The molecule has 1 aliphatic rings. The fraction of sp³-hybridized carbons (Fsp3) is 0.409. The number of amides is 2. The number of hydrogen-bond acceptors (Lipinski definition) is 2. The van der Waals surface area contributed by atoms with Gasteiger partial charge in [0.15, 0.2) is 0 Å². The van der Waals surface area contributed by atoms with Crippen LogP contribution in [0.15, 0.2) is 42.5 Å².